The standard InChI is InChI=1S/C14H17BrN4/c1-19-9-17-18-14(19)6-7-16-13-5-2-10-8-11(15)3-4-12(10)13/h3-4,8-9,13,16H,2,5-7H2,1H3. The van der Waals surface area contributed by atoms with Crippen molar-refractivity contribution in [1.82, 2.24) is 20.1 Å². The summed E-state index contributed by atoms with van der Waals surface area (Å²) in [5.74, 6) is 1.03. The number of aryl methyl sites for hydroxylation is 2. The maximum absolute atomic E-state index is 4.10. The van der Waals surface area contributed by atoms with Crippen LogP contribution in [0.3, 0.4) is 0 Å². The van der Waals surface area contributed by atoms with Gasteiger partial charge >= 0.3 is 0 Å². The number of fused-ring (bicyclic) bond motifs is 1. The van der Waals surface area contributed by atoms with Crippen molar-refractivity contribution in [2.24, 2.45) is 7.05 Å². The van der Waals surface area contributed by atoms with E-state index in [4.69, 9.17) is 0 Å². The third kappa shape index (κ3) is 2.72. The summed E-state index contributed by atoms with van der Waals surface area (Å²) < 4.78 is 3.15. The molecule has 19 heavy (non-hydrogen) atoms. The monoisotopic (exact) mass is 320 g/mol. The van der Waals surface area contributed by atoms with Crippen molar-refractivity contribution < 1.29 is 0 Å². The van der Waals surface area contributed by atoms with E-state index < -0.39 is 0 Å². The van der Waals surface area contributed by atoms with E-state index in [-0.39, 0.29) is 0 Å². The number of rotatable bonds is 4. The Morgan fingerprint density at radius 1 is 1.47 bits per heavy atom. The Balaban J connectivity index is 1.60. The molecule has 2 aromatic rings. The molecule has 0 saturated heterocycles. The van der Waals surface area contributed by atoms with Crippen LogP contribution in [0, 0.1) is 0 Å². The first-order chi connectivity index (χ1) is 9.24. The summed E-state index contributed by atoms with van der Waals surface area (Å²) in [6, 6.07) is 7.07. The number of nitrogens with one attached hydrogen (secondary N) is 1. The highest BCUT2D eigenvalue weighted by Crippen LogP contribution is 2.32. The lowest BCUT2D eigenvalue weighted by Crippen LogP contribution is -2.22. The van der Waals surface area contributed by atoms with Gasteiger partial charge in [0, 0.05) is 30.5 Å². The topological polar surface area (TPSA) is 42.7 Å². The molecule has 1 heterocycles. The lowest BCUT2D eigenvalue weighted by Gasteiger charge is -2.13. The molecule has 0 saturated carbocycles. The van der Waals surface area contributed by atoms with Crippen molar-refractivity contribution in [2.45, 2.75) is 25.3 Å². The second-order valence-electron chi connectivity index (χ2n) is 5.00. The number of halogens is 1. The van der Waals surface area contributed by atoms with E-state index >= 15 is 0 Å². The highest BCUT2D eigenvalue weighted by atomic mass is 79.9. The molecule has 1 aromatic heterocycles. The van der Waals surface area contributed by atoms with Crippen molar-refractivity contribution in [3.05, 3.63) is 46.0 Å². The second-order valence-corrected chi connectivity index (χ2v) is 5.91. The molecule has 0 fully saturated rings. The van der Waals surface area contributed by atoms with Crippen LogP contribution in [-0.4, -0.2) is 21.3 Å². The van der Waals surface area contributed by atoms with E-state index in [9.17, 15) is 0 Å². The van der Waals surface area contributed by atoms with Crippen molar-refractivity contribution in [2.75, 3.05) is 6.54 Å². The fourth-order valence-electron chi connectivity index (χ4n) is 2.69. The number of nitrogens with zero attached hydrogens (tertiary/aromatic N) is 3. The molecule has 5 heteroatoms. The predicted molar refractivity (Wildman–Crippen MR) is 77.9 cm³/mol. The van der Waals surface area contributed by atoms with Gasteiger partial charge in [-0.25, -0.2) is 0 Å². The van der Waals surface area contributed by atoms with E-state index in [0.717, 1.165) is 25.2 Å². The van der Waals surface area contributed by atoms with Gasteiger partial charge in [-0.15, -0.1) is 10.2 Å². The van der Waals surface area contributed by atoms with Gasteiger partial charge in [-0.05, 0) is 36.1 Å². The summed E-state index contributed by atoms with van der Waals surface area (Å²) in [6.45, 7) is 0.937. The molecule has 3 rings (SSSR count). The molecule has 1 N–H and O–H groups in total. The second kappa shape index (κ2) is 5.43. The third-order valence-corrected chi connectivity index (χ3v) is 4.22. The van der Waals surface area contributed by atoms with Crippen LogP contribution in [0.2, 0.25) is 0 Å². The Morgan fingerprint density at radius 2 is 2.37 bits per heavy atom. The maximum Gasteiger partial charge on any atom is 0.133 e. The largest absolute Gasteiger partial charge is 0.321 e. The van der Waals surface area contributed by atoms with Gasteiger partial charge in [0.15, 0.2) is 0 Å². The SMILES string of the molecule is Cn1cnnc1CCNC1CCc2cc(Br)ccc21. The summed E-state index contributed by atoms with van der Waals surface area (Å²) in [6.07, 6.45) is 5.01. The summed E-state index contributed by atoms with van der Waals surface area (Å²) in [4.78, 5) is 0. The fourth-order valence-corrected chi connectivity index (χ4v) is 3.10. The van der Waals surface area contributed by atoms with Gasteiger partial charge in [0.1, 0.15) is 12.2 Å². The van der Waals surface area contributed by atoms with Crippen LogP contribution in [0.15, 0.2) is 29.0 Å². The van der Waals surface area contributed by atoms with E-state index in [2.05, 4.69) is 49.6 Å². The van der Waals surface area contributed by atoms with Crippen LogP contribution >= 0.6 is 15.9 Å². The molecular weight excluding hydrogens is 304 g/mol. The van der Waals surface area contributed by atoms with Crippen LogP contribution in [0.25, 0.3) is 0 Å². The van der Waals surface area contributed by atoms with E-state index in [1.807, 2.05) is 11.6 Å². The molecule has 0 radical (unpaired) electrons. The van der Waals surface area contributed by atoms with E-state index in [1.54, 1.807) is 6.33 Å². The molecule has 4 nitrogen and oxygen atoms in total. The van der Waals surface area contributed by atoms with Crippen molar-refractivity contribution in [3.8, 4) is 0 Å². The molecule has 1 aliphatic rings. The minimum atomic E-state index is 0.483. The zero-order valence-electron chi connectivity index (χ0n) is 10.9. The summed E-state index contributed by atoms with van der Waals surface area (Å²) in [5.41, 5.74) is 2.91. The Bertz CT molecular complexity index is 579. The third-order valence-electron chi connectivity index (χ3n) is 3.73. The quantitative estimate of drug-likeness (QED) is 0.940. The minimum Gasteiger partial charge on any atom is -0.321 e. The minimum absolute atomic E-state index is 0.483. The summed E-state index contributed by atoms with van der Waals surface area (Å²) >= 11 is 3.53. The molecule has 0 aliphatic heterocycles. The molecule has 0 spiro atoms. The Hall–Kier alpha value is -1.20. The summed E-state index contributed by atoms with van der Waals surface area (Å²) in [5, 5.41) is 11.6. The van der Waals surface area contributed by atoms with Gasteiger partial charge in [0.25, 0.3) is 0 Å². The van der Waals surface area contributed by atoms with Crippen LogP contribution in [0.1, 0.15) is 29.4 Å². The number of aromatic nitrogens is 3. The average molecular weight is 321 g/mol. The highest BCUT2D eigenvalue weighted by Gasteiger charge is 2.21. The summed E-state index contributed by atoms with van der Waals surface area (Å²) in [7, 11) is 1.98. The van der Waals surface area contributed by atoms with Crippen molar-refractivity contribution in [3.63, 3.8) is 0 Å². The van der Waals surface area contributed by atoms with Crippen LogP contribution in [0.4, 0.5) is 0 Å². The van der Waals surface area contributed by atoms with Gasteiger partial charge in [-0.3, -0.25) is 0 Å². The fraction of sp³-hybridized carbons (Fsp3) is 0.429. The first-order valence-electron chi connectivity index (χ1n) is 6.58. The highest BCUT2D eigenvalue weighted by molar-refractivity contribution is 9.10. The Morgan fingerprint density at radius 3 is 3.16 bits per heavy atom. The van der Waals surface area contributed by atoms with Gasteiger partial charge in [-0.1, -0.05) is 22.0 Å². The number of hydrogen-bond donors (Lipinski definition) is 1. The van der Waals surface area contributed by atoms with E-state index in [0.29, 0.717) is 6.04 Å². The van der Waals surface area contributed by atoms with Gasteiger partial charge < -0.3 is 9.88 Å². The van der Waals surface area contributed by atoms with Crippen LogP contribution in [0.5, 0.6) is 0 Å². The van der Waals surface area contributed by atoms with Gasteiger partial charge in [-0.2, -0.15) is 0 Å². The van der Waals surface area contributed by atoms with Crippen LogP contribution in [-0.2, 0) is 19.9 Å². The lowest BCUT2D eigenvalue weighted by molar-refractivity contribution is 0.525. The number of benzene rings is 1. The molecule has 1 atom stereocenters. The zero-order valence-corrected chi connectivity index (χ0v) is 12.5. The lowest BCUT2D eigenvalue weighted by atomic mass is 10.1. The van der Waals surface area contributed by atoms with Gasteiger partial charge in [0.2, 0.25) is 0 Å². The first-order valence-corrected chi connectivity index (χ1v) is 7.38. The average Bonchev–Trinajstić information content (AvgIpc) is 2.97. The Labute approximate surface area is 121 Å². The molecule has 0 bridgehead atoms. The Kier molecular flexibility index (Phi) is 3.66. The van der Waals surface area contributed by atoms with Crippen molar-refractivity contribution in [1.29, 1.82) is 0 Å². The molecule has 1 aliphatic carbocycles. The molecule has 100 valence electrons. The molecular formula is C14H17BrN4. The first kappa shape index (κ1) is 12.8. The zero-order chi connectivity index (χ0) is 13.2. The number of hydrogen-bond acceptors (Lipinski definition) is 3. The predicted octanol–water partition coefficient (Wildman–Crippen LogP) is 2.40. The van der Waals surface area contributed by atoms with Crippen LogP contribution < -0.4 is 5.32 Å². The molecule has 1 aromatic carbocycles. The normalized spacial score (nSPS) is 17.7. The maximum atomic E-state index is 4.10. The van der Waals surface area contributed by atoms with E-state index in [1.165, 1.54) is 22.0 Å². The smallest absolute Gasteiger partial charge is 0.133 e. The van der Waals surface area contributed by atoms with Gasteiger partial charge in [0.05, 0.1) is 0 Å². The van der Waals surface area contributed by atoms with Crippen molar-refractivity contribution >= 4 is 15.9 Å². The molecule has 1 unspecified atom stereocenters. The molecule has 0 amide bonds.